The van der Waals surface area contributed by atoms with Gasteiger partial charge in [-0.3, -0.25) is 4.79 Å². The molecule has 5 heteroatoms. The molecular formula is C18H23N3O2. The summed E-state index contributed by atoms with van der Waals surface area (Å²) < 4.78 is 7.45. The molecular weight excluding hydrogens is 290 g/mol. The molecule has 0 aliphatic heterocycles. The van der Waals surface area contributed by atoms with Crippen LogP contribution in [-0.4, -0.2) is 28.2 Å². The second-order valence-corrected chi connectivity index (χ2v) is 5.31. The maximum absolute atomic E-state index is 12.1. The Kier molecular flexibility index (Phi) is 6.56. The molecule has 1 unspecified atom stereocenters. The van der Waals surface area contributed by atoms with Crippen molar-refractivity contribution in [2.75, 3.05) is 6.61 Å². The van der Waals surface area contributed by atoms with E-state index in [4.69, 9.17) is 4.74 Å². The Labute approximate surface area is 137 Å². The molecule has 1 heterocycles. The van der Waals surface area contributed by atoms with Gasteiger partial charge in [-0.2, -0.15) is 0 Å². The summed E-state index contributed by atoms with van der Waals surface area (Å²) >= 11 is 0. The number of amides is 1. The Balaban J connectivity index is 1.90. The number of aromatic nitrogens is 2. The second-order valence-electron chi connectivity index (χ2n) is 5.31. The quantitative estimate of drug-likeness (QED) is 0.572. The number of benzene rings is 1. The van der Waals surface area contributed by atoms with Crippen molar-refractivity contribution in [1.82, 2.24) is 14.9 Å². The van der Waals surface area contributed by atoms with Gasteiger partial charge < -0.3 is 14.6 Å². The first-order valence-corrected chi connectivity index (χ1v) is 7.73. The van der Waals surface area contributed by atoms with Crippen LogP contribution < -0.4 is 5.32 Å². The lowest BCUT2D eigenvalue weighted by Gasteiger charge is -2.15. The summed E-state index contributed by atoms with van der Waals surface area (Å²) in [5.41, 5.74) is 2.25. The third-order valence-corrected chi connectivity index (χ3v) is 3.54. The molecule has 0 bridgehead atoms. The highest BCUT2D eigenvalue weighted by Crippen LogP contribution is 2.10. The van der Waals surface area contributed by atoms with Gasteiger partial charge in [0.2, 0.25) is 5.91 Å². The Bertz CT molecular complexity index is 623. The van der Waals surface area contributed by atoms with Crippen LogP contribution in [0.5, 0.6) is 0 Å². The van der Waals surface area contributed by atoms with E-state index in [1.54, 1.807) is 25.5 Å². The van der Waals surface area contributed by atoms with Crippen molar-refractivity contribution in [3.8, 4) is 0 Å². The fourth-order valence-corrected chi connectivity index (χ4v) is 2.19. The minimum atomic E-state index is -0.462. The highest BCUT2D eigenvalue weighted by molar-refractivity contribution is 5.80. The molecule has 122 valence electrons. The fraction of sp³-hybridized carbons (Fsp3) is 0.333. The van der Waals surface area contributed by atoms with E-state index in [-0.39, 0.29) is 5.91 Å². The van der Waals surface area contributed by atoms with Crippen LogP contribution in [0.3, 0.4) is 0 Å². The molecule has 1 aromatic heterocycles. The van der Waals surface area contributed by atoms with Crippen LogP contribution in [0.25, 0.3) is 0 Å². The van der Waals surface area contributed by atoms with Crippen molar-refractivity contribution in [3.05, 3.63) is 66.8 Å². The molecule has 0 aliphatic carbocycles. The van der Waals surface area contributed by atoms with Crippen molar-refractivity contribution in [2.24, 2.45) is 0 Å². The normalized spacial score (nSPS) is 11.9. The van der Waals surface area contributed by atoms with Crippen LogP contribution in [0.4, 0.5) is 0 Å². The summed E-state index contributed by atoms with van der Waals surface area (Å²) in [5.74, 6) is -0.105. The van der Waals surface area contributed by atoms with E-state index in [2.05, 4.69) is 22.9 Å². The van der Waals surface area contributed by atoms with Crippen molar-refractivity contribution in [3.63, 3.8) is 0 Å². The number of rotatable bonds is 9. The molecule has 23 heavy (non-hydrogen) atoms. The predicted octanol–water partition coefficient (Wildman–Crippen LogP) is 2.53. The number of carbonyl (C=O) groups excluding carboxylic acids is 1. The SMILES string of the molecule is C=CCCOC(C)C(=O)NCc1ccccc1Cn1ccnc1. The summed E-state index contributed by atoms with van der Waals surface area (Å²) in [6, 6.07) is 8.06. The Morgan fingerprint density at radius 2 is 2.22 bits per heavy atom. The van der Waals surface area contributed by atoms with Gasteiger partial charge in [-0.05, 0) is 24.5 Å². The number of imidazole rings is 1. The molecule has 5 nitrogen and oxygen atoms in total. The maximum atomic E-state index is 12.1. The minimum absolute atomic E-state index is 0.105. The topological polar surface area (TPSA) is 56.1 Å². The molecule has 0 aliphatic rings. The summed E-state index contributed by atoms with van der Waals surface area (Å²) in [5, 5.41) is 2.93. The predicted molar refractivity (Wildman–Crippen MR) is 89.8 cm³/mol. The summed E-state index contributed by atoms with van der Waals surface area (Å²) in [4.78, 5) is 16.1. The lowest BCUT2D eigenvalue weighted by Crippen LogP contribution is -2.34. The molecule has 2 aromatic rings. The zero-order valence-corrected chi connectivity index (χ0v) is 13.4. The van der Waals surface area contributed by atoms with E-state index in [9.17, 15) is 4.79 Å². The Morgan fingerprint density at radius 1 is 1.43 bits per heavy atom. The molecule has 1 atom stereocenters. The van der Waals surface area contributed by atoms with Crippen LogP contribution in [-0.2, 0) is 22.6 Å². The first-order valence-electron chi connectivity index (χ1n) is 7.73. The standard InChI is InChI=1S/C18H23N3O2/c1-3-4-11-23-15(2)18(22)20-12-16-7-5-6-8-17(16)13-21-10-9-19-14-21/h3,5-10,14-15H,1,4,11-13H2,2H3,(H,20,22). The van der Waals surface area contributed by atoms with E-state index in [0.717, 1.165) is 24.1 Å². The highest BCUT2D eigenvalue weighted by atomic mass is 16.5. The number of hydrogen-bond donors (Lipinski definition) is 1. The number of carbonyl (C=O) groups is 1. The molecule has 1 aromatic carbocycles. The third kappa shape index (κ3) is 5.38. The van der Waals surface area contributed by atoms with E-state index < -0.39 is 6.10 Å². The minimum Gasteiger partial charge on any atom is -0.368 e. The Morgan fingerprint density at radius 3 is 2.91 bits per heavy atom. The van der Waals surface area contributed by atoms with Gasteiger partial charge in [0.15, 0.2) is 0 Å². The molecule has 1 amide bonds. The van der Waals surface area contributed by atoms with E-state index in [1.165, 1.54) is 0 Å². The monoisotopic (exact) mass is 313 g/mol. The van der Waals surface area contributed by atoms with Crippen LogP contribution in [0.1, 0.15) is 24.5 Å². The van der Waals surface area contributed by atoms with E-state index in [1.807, 2.05) is 29.0 Å². The van der Waals surface area contributed by atoms with Crippen LogP contribution in [0.15, 0.2) is 55.6 Å². The van der Waals surface area contributed by atoms with Gasteiger partial charge in [-0.25, -0.2) is 4.98 Å². The first kappa shape index (κ1) is 17.0. The number of hydrogen-bond acceptors (Lipinski definition) is 3. The average molecular weight is 313 g/mol. The van der Waals surface area contributed by atoms with Gasteiger partial charge in [0, 0.05) is 25.5 Å². The molecule has 0 fully saturated rings. The van der Waals surface area contributed by atoms with Gasteiger partial charge in [0.1, 0.15) is 6.10 Å². The molecule has 0 radical (unpaired) electrons. The van der Waals surface area contributed by atoms with E-state index >= 15 is 0 Å². The number of nitrogens with one attached hydrogen (secondary N) is 1. The fourth-order valence-electron chi connectivity index (χ4n) is 2.19. The molecule has 0 spiro atoms. The van der Waals surface area contributed by atoms with Gasteiger partial charge in [0.25, 0.3) is 0 Å². The van der Waals surface area contributed by atoms with Crippen LogP contribution in [0, 0.1) is 0 Å². The van der Waals surface area contributed by atoms with Crippen molar-refractivity contribution >= 4 is 5.91 Å². The largest absolute Gasteiger partial charge is 0.368 e. The first-order chi connectivity index (χ1) is 11.2. The molecule has 0 saturated heterocycles. The zero-order valence-electron chi connectivity index (χ0n) is 13.4. The van der Waals surface area contributed by atoms with Crippen molar-refractivity contribution in [2.45, 2.75) is 32.5 Å². The molecule has 2 rings (SSSR count). The van der Waals surface area contributed by atoms with Crippen LogP contribution in [0.2, 0.25) is 0 Å². The summed E-state index contributed by atoms with van der Waals surface area (Å²) in [6.07, 6.45) is 7.51. The lowest BCUT2D eigenvalue weighted by atomic mass is 10.1. The van der Waals surface area contributed by atoms with E-state index in [0.29, 0.717) is 13.2 Å². The van der Waals surface area contributed by atoms with Gasteiger partial charge in [0.05, 0.1) is 12.9 Å². The summed E-state index contributed by atoms with van der Waals surface area (Å²) in [7, 11) is 0. The Hall–Kier alpha value is -2.40. The third-order valence-electron chi connectivity index (χ3n) is 3.54. The van der Waals surface area contributed by atoms with Gasteiger partial charge in [-0.1, -0.05) is 30.3 Å². The second kappa shape index (κ2) is 8.90. The number of nitrogens with zero attached hydrogens (tertiary/aromatic N) is 2. The molecule has 1 N–H and O–H groups in total. The van der Waals surface area contributed by atoms with Crippen molar-refractivity contribution in [1.29, 1.82) is 0 Å². The summed E-state index contributed by atoms with van der Waals surface area (Å²) in [6.45, 7) is 7.12. The smallest absolute Gasteiger partial charge is 0.249 e. The highest BCUT2D eigenvalue weighted by Gasteiger charge is 2.13. The van der Waals surface area contributed by atoms with Gasteiger partial charge in [-0.15, -0.1) is 6.58 Å². The molecule has 0 saturated carbocycles. The average Bonchev–Trinajstić information content (AvgIpc) is 3.07. The van der Waals surface area contributed by atoms with Crippen LogP contribution >= 0.6 is 0 Å². The van der Waals surface area contributed by atoms with Gasteiger partial charge >= 0.3 is 0 Å². The zero-order chi connectivity index (χ0) is 16.5. The van der Waals surface area contributed by atoms with Crippen molar-refractivity contribution < 1.29 is 9.53 Å². The number of ether oxygens (including phenoxy) is 1. The lowest BCUT2D eigenvalue weighted by molar-refractivity contribution is -0.131. The maximum Gasteiger partial charge on any atom is 0.249 e.